The monoisotopic (exact) mass is 527 g/mol. The molecule has 0 radical (unpaired) electrons. The molecule has 3 aromatic heterocycles. The summed E-state index contributed by atoms with van der Waals surface area (Å²) in [6, 6.07) is 8.98. The van der Waals surface area contributed by atoms with E-state index in [0.717, 1.165) is 23.9 Å². The van der Waals surface area contributed by atoms with Gasteiger partial charge >= 0.3 is 6.18 Å². The van der Waals surface area contributed by atoms with Crippen molar-refractivity contribution in [1.29, 1.82) is 5.26 Å². The summed E-state index contributed by atoms with van der Waals surface area (Å²) in [5, 5.41) is 24.3. The number of likely N-dealkylation sites (tertiary alicyclic amines) is 1. The molecule has 2 fully saturated rings. The minimum absolute atomic E-state index is 0.0296. The maximum atomic E-state index is 13.9. The topological polar surface area (TPSA) is 93.6 Å². The molecule has 5 heterocycles. The Bertz CT molecular complexity index is 1600. The first-order valence-corrected chi connectivity index (χ1v) is 12.2. The van der Waals surface area contributed by atoms with Gasteiger partial charge in [0.2, 0.25) is 0 Å². The highest BCUT2D eigenvalue weighted by molar-refractivity contribution is 6.31. The number of aryl methyl sites for hydroxylation is 1. The molecule has 8 nitrogen and oxygen atoms in total. The second-order valence-corrected chi connectivity index (χ2v) is 9.76. The number of anilines is 1. The number of aliphatic hydroxyl groups excluding tert-OH is 1. The van der Waals surface area contributed by atoms with E-state index >= 15 is 0 Å². The summed E-state index contributed by atoms with van der Waals surface area (Å²) in [6.45, 7) is 3.64. The predicted molar refractivity (Wildman–Crippen MR) is 131 cm³/mol. The van der Waals surface area contributed by atoms with E-state index in [1.807, 2.05) is 6.07 Å². The van der Waals surface area contributed by atoms with Crippen LogP contribution in [0.4, 0.5) is 19.0 Å². The summed E-state index contributed by atoms with van der Waals surface area (Å²) in [4.78, 5) is 13.1. The summed E-state index contributed by atoms with van der Waals surface area (Å²) in [5.74, 6) is 0.462. The fourth-order valence-electron chi connectivity index (χ4n) is 5.71. The Kier molecular flexibility index (Phi) is 5.52. The highest BCUT2D eigenvalue weighted by Gasteiger charge is 2.49. The number of nitriles is 1. The van der Waals surface area contributed by atoms with Gasteiger partial charge in [-0.15, -0.1) is 0 Å². The number of fused-ring (bicyclic) bond motifs is 3. The molecule has 2 aliphatic rings. The number of benzene rings is 1. The van der Waals surface area contributed by atoms with E-state index in [2.05, 4.69) is 24.9 Å². The number of aromatic nitrogens is 4. The first-order chi connectivity index (χ1) is 17.7. The Labute approximate surface area is 214 Å². The summed E-state index contributed by atoms with van der Waals surface area (Å²) in [6.07, 6.45) is -2.39. The van der Waals surface area contributed by atoms with Gasteiger partial charge in [-0.2, -0.15) is 28.0 Å². The van der Waals surface area contributed by atoms with Gasteiger partial charge in [-0.05, 0) is 37.1 Å². The molecule has 37 heavy (non-hydrogen) atoms. The molecular formula is C25H21ClF3N7O. The van der Waals surface area contributed by atoms with Crippen molar-refractivity contribution in [2.75, 3.05) is 31.1 Å². The maximum absolute atomic E-state index is 13.9. The molecule has 6 rings (SSSR count). The zero-order valence-electron chi connectivity index (χ0n) is 19.7. The molecule has 0 aliphatic carbocycles. The number of alkyl halides is 3. The van der Waals surface area contributed by atoms with E-state index in [0.29, 0.717) is 40.7 Å². The Hall–Kier alpha value is -3.46. The van der Waals surface area contributed by atoms with Gasteiger partial charge in [-0.1, -0.05) is 17.7 Å². The van der Waals surface area contributed by atoms with Crippen molar-refractivity contribution >= 4 is 34.0 Å². The SMILES string of the molecule is Cc1nc2c(C#N)c(C(F)(F)F)nn2c(N2CC3C2CCN3CCO)c1-c1ccnc2cc(Cl)ccc12. The van der Waals surface area contributed by atoms with Gasteiger partial charge in [0.05, 0.1) is 17.8 Å². The number of halogens is 4. The van der Waals surface area contributed by atoms with Crippen molar-refractivity contribution < 1.29 is 18.3 Å². The van der Waals surface area contributed by atoms with Gasteiger partial charge in [0.15, 0.2) is 11.3 Å². The van der Waals surface area contributed by atoms with Gasteiger partial charge in [0.1, 0.15) is 17.5 Å². The number of aliphatic hydroxyl groups is 1. The Morgan fingerprint density at radius 2 is 2.05 bits per heavy atom. The Morgan fingerprint density at radius 3 is 2.78 bits per heavy atom. The zero-order valence-corrected chi connectivity index (χ0v) is 20.4. The van der Waals surface area contributed by atoms with E-state index in [4.69, 9.17) is 11.6 Å². The van der Waals surface area contributed by atoms with E-state index in [9.17, 15) is 23.5 Å². The predicted octanol–water partition coefficient (Wildman–Crippen LogP) is 4.05. The third-order valence-electron chi connectivity index (χ3n) is 7.34. The molecule has 2 aliphatic heterocycles. The number of hydrogen-bond acceptors (Lipinski definition) is 7. The lowest BCUT2D eigenvalue weighted by atomic mass is 9.93. The number of hydrogen-bond donors (Lipinski definition) is 1. The summed E-state index contributed by atoms with van der Waals surface area (Å²) >= 11 is 6.18. The van der Waals surface area contributed by atoms with Crippen molar-refractivity contribution in [3.63, 3.8) is 0 Å². The van der Waals surface area contributed by atoms with Crippen molar-refractivity contribution in [1.82, 2.24) is 24.5 Å². The molecule has 0 amide bonds. The minimum atomic E-state index is -4.81. The van der Waals surface area contributed by atoms with Crippen LogP contribution in [0.15, 0.2) is 30.5 Å². The molecule has 0 saturated carbocycles. The molecule has 0 spiro atoms. The van der Waals surface area contributed by atoms with Crippen molar-refractivity contribution in [2.45, 2.75) is 31.6 Å². The first kappa shape index (κ1) is 23.9. The normalized spacial score (nSPS) is 19.9. The first-order valence-electron chi connectivity index (χ1n) is 11.8. The van der Waals surface area contributed by atoms with Gasteiger partial charge in [0, 0.05) is 53.9 Å². The lowest BCUT2D eigenvalue weighted by Crippen LogP contribution is -2.63. The molecule has 1 aromatic carbocycles. The lowest BCUT2D eigenvalue weighted by Gasteiger charge is -2.48. The summed E-state index contributed by atoms with van der Waals surface area (Å²) < 4.78 is 42.9. The van der Waals surface area contributed by atoms with Crippen LogP contribution in [-0.2, 0) is 6.18 Å². The molecule has 0 bridgehead atoms. The van der Waals surface area contributed by atoms with Crippen LogP contribution in [-0.4, -0.2) is 67.9 Å². The number of pyridine rings is 1. The van der Waals surface area contributed by atoms with E-state index in [-0.39, 0.29) is 24.3 Å². The van der Waals surface area contributed by atoms with Crippen LogP contribution in [0, 0.1) is 18.3 Å². The van der Waals surface area contributed by atoms with E-state index in [1.54, 1.807) is 37.4 Å². The highest BCUT2D eigenvalue weighted by Crippen LogP contribution is 2.45. The summed E-state index contributed by atoms with van der Waals surface area (Å²) in [5.41, 5.74) is 0.505. The number of nitrogens with zero attached hydrogens (tertiary/aromatic N) is 7. The number of β-amino-alcohol motifs (C(OH)–C–C–N with tert-alkyl or cyclic N) is 1. The van der Waals surface area contributed by atoms with Gasteiger partial charge < -0.3 is 10.0 Å². The summed E-state index contributed by atoms with van der Waals surface area (Å²) in [7, 11) is 0. The van der Waals surface area contributed by atoms with Crippen LogP contribution in [0.3, 0.4) is 0 Å². The average molecular weight is 528 g/mol. The molecule has 2 atom stereocenters. The molecule has 190 valence electrons. The lowest BCUT2D eigenvalue weighted by molar-refractivity contribution is -0.141. The second kappa shape index (κ2) is 8.55. The number of rotatable bonds is 4. The van der Waals surface area contributed by atoms with Crippen molar-refractivity contribution in [3.8, 4) is 17.2 Å². The molecule has 12 heteroatoms. The van der Waals surface area contributed by atoms with Crippen LogP contribution >= 0.6 is 11.6 Å². The van der Waals surface area contributed by atoms with Crippen LogP contribution in [0.1, 0.15) is 23.4 Å². The van der Waals surface area contributed by atoms with Crippen LogP contribution in [0.25, 0.3) is 27.7 Å². The standard InChI is InChI=1S/C25H21ClF3N7O/c1-13-21(16-4-6-31-18-10-14(26)2-3-15(16)18)24(35-12-20-19(35)5-7-34(20)8-9-37)36-23(32-13)17(11-30)22(33-36)25(27,28)29/h2-4,6,10,19-20,37H,5,7-9,12H2,1H3. The van der Waals surface area contributed by atoms with Crippen LogP contribution in [0.2, 0.25) is 5.02 Å². The third-order valence-corrected chi connectivity index (χ3v) is 7.58. The van der Waals surface area contributed by atoms with Crippen LogP contribution < -0.4 is 4.90 Å². The molecule has 4 aromatic rings. The van der Waals surface area contributed by atoms with Gasteiger partial charge in [-0.25, -0.2) is 4.98 Å². The molecule has 1 N–H and O–H groups in total. The maximum Gasteiger partial charge on any atom is 0.436 e. The minimum Gasteiger partial charge on any atom is -0.395 e. The van der Waals surface area contributed by atoms with Gasteiger partial charge in [0.25, 0.3) is 0 Å². The van der Waals surface area contributed by atoms with Crippen LogP contribution in [0.5, 0.6) is 0 Å². The van der Waals surface area contributed by atoms with Gasteiger partial charge in [-0.3, -0.25) is 9.88 Å². The smallest absolute Gasteiger partial charge is 0.395 e. The third kappa shape index (κ3) is 3.62. The highest BCUT2D eigenvalue weighted by atomic mass is 35.5. The second-order valence-electron chi connectivity index (χ2n) is 9.32. The molecular weight excluding hydrogens is 507 g/mol. The largest absolute Gasteiger partial charge is 0.436 e. The van der Waals surface area contributed by atoms with Crippen molar-refractivity contribution in [3.05, 3.63) is 52.4 Å². The molecule has 2 saturated heterocycles. The Balaban J connectivity index is 1.64. The zero-order chi connectivity index (χ0) is 26.1. The fraction of sp³-hybridized carbons (Fsp3) is 0.360. The molecule has 2 unspecified atom stereocenters. The Morgan fingerprint density at radius 1 is 1.24 bits per heavy atom. The van der Waals surface area contributed by atoms with E-state index < -0.39 is 17.4 Å². The fourth-order valence-corrected chi connectivity index (χ4v) is 5.88. The van der Waals surface area contributed by atoms with Crippen molar-refractivity contribution in [2.24, 2.45) is 0 Å². The van der Waals surface area contributed by atoms with E-state index in [1.165, 1.54) is 4.52 Å². The quantitative estimate of drug-likeness (QED) is 0.428. The average Bonchev–Trinajstić information content (AvgIpc) is 3.36.